The zero-order chi connectivity index (χ0) is 10.7. The lowest BCUT2D eigenvalue weighted by atomic mass is 10.2. The predicted octanol–water partition coefficient (Wildman–Crippen LogP) is 3.23. The molecule has 82 valence electrons. The Hall–Kier alpha value is -0.540. The van der Waals surface area contributed by atoms with Crippen molar-refractivity contribution in [3.63, 3.8) is 0 Å². The molecule has 1 fully saturated rings. The third kappa shape index (κ3) is 2.52. The molecular formula is C12H16BrNO. The van der Waals surface area contributed by atoms with Crippen molar-refractivity contribution < 1.29 is 4.74 Å². The molecule has 1 saturated carbocycles. The Kier molecular flexibility index (Phi) is 3.65. The number of para-hydroxylation sites is 1. The molecule has 0 heterocycles. The SMILES string of the molecule is NCc1cccc(Br)c1OC1CCCC1. The van der Waals surface area contributed by atoms with Crippen LogP contribution >= 0.6 is 15.9 Å². The quantitative estimate of drug-likeness (QED) is 0.915. The average molecular weight is 270 g/mol. The highest BCUT2D eigenvalue weighted by molar-refractivity contribution is 9.10. The van der Waals surface area contributed by atoms with E-state index in [1.165, 1.54) is 25.7 Å². The zero-order valence-electron chi connectivity index (χ0n) is 8.71. The number of halogens is 1. The van der Waals surface area contributed by atoms with E-state index in [0.717, 1.165) is 15.8 Å². The molecule has 0 amide bonds. The second-order valence-electron chi connectivity index (χ2n) is 3.96. The van der Waals surface area contributed by atoms with Crippen molar-refractivity contribution in [1.29, 1.82) is 0 Å². The van der Waals surface area contributed by atoms with E-state index in [1.54, 1.807) is 0 Å². The second kappa shape index (κ2) is 4.99. The van der Waals surface area contributed by atoms with Crippen LogP contribution in [0.25, 0.3) is 0 Å². The van der Waals surface area contributed by atoms with E-state index >= 15 is 0 Å². The first-order valence-corrected chi connectivity index (χ1v) is 6.24. The number of hydrogen-bond acceptors (Lipinski definition) is 2. The van der Waals surface area contributed by atoms with Gasteiger partial charge in [0, 0.05) is 12.1 Å². The average Bonchev–Trinajstić information content (AvgIpc) is 2.74. The molecule has 0 aliphatic heterocycles. The fraction of sp³-hybridized carbons (Fsp3) is 0.500. The summed E-state index contributed by atoms with van der Waals surface area (Å²) in [5.41, 5.74) is 6.77. The van der Waals surface area contributed by atoms with Gasteiger partial charge in [0.2, 0.25) is 0 Å². The molecule has 1 aliphatic carbocycles. The molecule has 0 saturated heterocycles. The van der Waals surface area contributed by atoms with Gasteiger partial charge in [0.15, 0.2) is 0 Å². The topological polar surface area (TPSA) is 35.2 Å². The minimum absolute atomic E-state index is 0.383. The van der Waals surface area contributed by atoms with Gasteiger partial charge in [0.05, 0.1) is 10.6 Å². The van der Waals surface area contributed by atoms with Crippen LogP contribution in [-0.2, 0) is 6.54 Å². The Morgan fingerprint density at radius 3 is 2.73 bits per heavy atom. The standard InChI is InChI=1S/C12H16BrNO/c13-11-7-3-4-9(8-14)12(11)15-10-5-1-2-6-10/h3-4,7,10H,1-2,5-6,8,14H2. The van der Waals surface area contributed by atoms with Crippen LogP contribution in [0.3, 0.4) is 0 Å². The van der Waals surface area contributed by atoms with Gasteiger partial charge >= 0.3 is 0 Å². The van der Waals surface area contributed by atoms with Gasteiger partial charge in [0.25, 0.3) is 0 Å². The summed E-state index contributed by atoms with van der Waals surface area (Å²) in [5, 5.41) is 0. The largest absolute Gasteiger partial charge is 0.489 e. The van der Waals surface area contributed by atoms with E-state index in [0.29, 0.717) is 12.6 Å². The van der Waals surface area contributed by atoms with Crippen molar-refractivity contribution in [2.75, 3.05) is 0 Å². The van der Waals surface area contributed by atoms with Gasteiger partial charge in [-0.1, -0.05) is 12.1 Å². The number of ether oxygens (including phenoxy) is 1. The minimum Gasteiger partial charge on any atom is -0.489 e. The fourth-order valence-corrected chi connectivity index (χ4v) is 2.52. The first-order valence-electron chi connectivity index (χ1n) is 5.45. The van der Waals surface area contributed by atoms with Gasteiger partial charge in [-0.25, -0.2) is 0 Å². The Morgan fingerprint density at radius 1 is 1.33 bits per heavy atom. The summed E-state index contributed by atoms with van der Waals surface area (Å²) in [6, 6.07) is 6.02. The van der Waals surface area contributed by atoms with Crippen molar-refractivity contribution in [2.24, 2.45) is 5.73 Å². The highest BCUT2D eigenvalue weighted by atomic mass is 79.9. The first-order chi connectivity index (χ1) is 7.31. The molecule has 0 atom stereocenters. The molecule has 2 nitrogen and oxygen atoms in total. The van der Waals surface area contributed by atoms with Crippen LogP contribution in [-0.4, -0.2) is 6.10 Å². The molecule has 0 radical (unpaired) electrons. The zero-order valence-corrected chi connectivity index (χ0v) is 10.3. The summed E-state index contributed by atoms with van der Waals surface area (Å²) in [5.74, 6) is 0.937. The summed E-state index contributed by atoms with van der Waals surface area (Å²) in [6.07, 6.45) is 5.30. The van der Waals surface area contributed by atoms with Crippen LogP contribution in [0.1, 0.15) is 31.2 Å². The van der Waals surface area contributed by atoms with Crippen LogP contribution in [0.4, 0.5) is 0 Å². The first kappa shape index (κ1) is 11.0. The molecule has 3 heteroatoms. The van der Waals surface area contributed by atoms with Crippen molar-refractivity contribution in [3.05, 3.63) is 28.2 Å². The lowest BCUT2D eigenvalue weighted by molar-refractivity contribution is 0.206. The number of nitrogens with two attached hydrogens (primary N) is 1. The third-order valence-electron chi connectivity index (χ3n) is 2.86. The summed E-state index contributed by atoms with van der Waals surface area (Å²) in [4.78, 5) is 0. The third-order valence-corrected chi connectivity index (χ3v) is 3.48. The number of benzene rings is 1. The molecule has 0 spiro atoms. The number of rotatable bonds is 3. The summed E-state index contributed by atoms with van der Waals surface area (Å²) in [7, 11) is 0. The Balaban J connectivity index is 2.17. The lowest BCUT2D eigenvalue weighted by Crippen LogP contribution is -2.13. The maximum Gasteiger partial charge on any atom is 0.138 e. The van der Waals surface area contributed by atoms with Crippen molar-refractivity contribution in [2.45, 2.75) is 38.3 Å². The van der Waals surface area contributed by atoms with Crippen LogP contribution in [0.15, 0.2) is 22.7 Å². The Labute approximate surface area is 98.9 Å². The maximum absolute atomic E-state index is 6.00. The summed E-state index contributed by atoms with van der Waals surface area (Å²) >= 11 is 3.51. The molecule has 2 N–H and O–H groups in total. The molecule has 0 aromatic heterocycles. The molecule has 1 aromatic rings. The molecule has 2 rings (SSSR count). The van der Waals surface area contributed by atoms with Crippen molar-refractivity contribution in [3.8, 4) is 5.75 Å². The van der Waals surface area contributed by atoms with Gasteiger partial charge in [-0.15, -0.1) is 0 Å². The van der Waals surface area contributed by atoms with Gasteiger partial charge in [0.1, 0.15) is 5.75 Å². The Bertz CT molecular complexity index is 334. The highest BCUT2D eigenvalue weighted by Crippen LogP contribution is 2.32. The molecule has 0 unspecified atom stereocenters. The van der Waals surface area contributed by atoms with Crippen LogP contribution in [0.2, 0.25) is 0 Å². The lowest BCUT2D eigenvalue weighted by Gasteiger charge is -2.17. The smallest absolute Gasteiger partial charge is 0.138 e. The van der Waals surface area contributed by atoms with Gasteiger partial charge in [-0.05, 0) is 47.7 Å². The predicted molar refractivity (Wildman–Crippen MR) is 64.9 cm³/mol. The van der Waals surface area contributed by atoms with Crippen LogP contribution < -0.4 is 10.5 Å². The summed E-state index contributed by atoms with van der Waals surface area (Å²) < 4.78 is 7.01. The summed E-state index contributed by atoms with van der Waals surface area (Å²) in [6.45, 7) is 0.529. The molecule has 15 heavy (non-hydrogen) atoms. The van der Waals surface area contributed by atoms with E-state index in [9.17, 15) is 0 Å². The van der Waals surface area contributed by atoms with Crippen molar-refractivity contribution >= 4 is 15.9 Å². The maximum atomic E-state index is 6.00. The molecule has 1 aliphatic rings. The van der Waals surface area contributed by atoms with Crippen LogP contribution in [0, 0.1) is 0 Å². The monoisotopic (exact) mass is 269 g/mol. The van der Waals surface area contributed by atoms with E-state index < -0.39 is 0 Å². The van der Waals surface area contributed by atoms with E-state index in [2.05, 4.69) is 15.9 Å². The van der Waals surface area contributed by atoms with E-state index in [4.69, 9.17) is 10.5 Å². The van der Waals surface area contributed by atoms with Crippen molar-refractivity contribution in [1.82, 2.24) is 0 Å². The molecule has 1 aromatic carbocycles. The van der Waals surface area contributed by atoms with Crippen LogP contribution in [0.5, 0.6) is 5.75 Å². The van der Waals surface area contributed by atoms with E-state index in [-0.39, 0.29) is 0 Å². The normalized spacial score (nSPS) is 16.9. The Morgan fingerprint density at radius 2 is 2.07 bits per heavy atom. The highest BCUT2D eigenvalue weighted by Gasteiger charge is 2.18. The van der Waals surface area contributed by atoms with Gasteiger partial charge in [-0.2, -0.15) is 0 Å². The van der Waals surface area contributed by atoms with E-state index in [1.807, 2.05) is 18.2 Å². The van der Waals surface area contributed by atoms with Gasteiger partial charge < -0.3 is 10.5 Å². The second-order valence-corrected chi connectivity index (χ2v) is 4.81. The molecule has 0 bridgehead atoms. The fourth-order valence-electron chi connectivity index (χ4n) is 2.02. The number of hydrogen-bond donors (Lipinski definition) is 1. The van der Waals surface area contributed by atoms with Gasteiger partial charge in [-0.3, -0.25) is 0 Å². The minimum atomic E-state index is 0.383. The molecular weight excluding hydrogens is 254 g/mol.